The molecule has 0 unspecified atom stereocenters. The molecule has 3 atom stereocenters. The largest absolute Gasteiger partial charge is 0.395 e. The number of rotatable bonds is 2. The van der Waals surface area contributed by atoms with E-state index in [1.165, 1.54) is 6.33 Å². The Morgan fingerprint density at radius 2 is 2.33 bits per heavy atom. The second-order valence-corrected chi connectivity index (χ2v) is 5.24. The van der Waals surface area contributed by atoms with Gasteiger partial charge in [0.15, 0.2) is 11.5 Å². The minimum Gasteiger partial charge on any atom is -0.395 e. The molecule has 0 aliphatic heterocycles. The SMILES string of the molecule is N#C[C@@]1(CO)C[C@H](n2cnc3c(N)nc(F)nc32)C[C@H]1O. The number of hydrogen-bond donors (Lipinski definition) is 3. The first kappa shape index (κ1) is 13.7. The molecule has 0 saturated heterocycles. The van der Waals surface area contributed by atoms with Gasteiger partial charge in [-0.05, 0) is 12.8 Å². The average Bonchev–Trinajstić information content (AvgIpc) is 3.00. The van der Waals surface area contributed by atoms with Gasteiger partial charge < -0.3 is 20.5 Å². The number of nitrogens with zero attached hydrogens (tertiary/aromatic N) is 5. The minimum atomic E-state index is -1.22. The monoisotopic (exact) mass is 292 g/mol. The molecule has 0 spiro atoms. The van der Waals surface area contributed by atoms with E-state index in [0.29, 0.717) is 0 Å². The van der Waals surface area contributed by atoms with Crippen molar-refractivity contribution < 1.29 is 14.6 Å². The van der Waals surface area contributed by atoms with Crippen molar-refractivity contribution >= 4 is 17.0 Å². The summed E-state index contributed by atoms with van der Waals surface area (Å²) in [4.78, 5) is 11.1. The molecule has 4 N–H and O–H groups in total. The second kappa shape index (κ2) is 4.61. The number of fused-ring (bicyclic) bond motifs is 1. The van der Waals surface area contributed by atoms with Gasteiger partial charge in [-0.2, -0.15) is 19.6 Å². The van der Waals surface area contributed by atoms with Crippen molar-refractivity contribution in [2.24, 2.45) is 5.41 Å². The summed E-state index contributed by atoms with van der Waals surface area (Å²) in [5.74, 6) is -0.0662. The van der Waals surface area contributed by atoms with Crippen LogP contribution in [-0.2, 0) is 0 Å². The number of hydrogen-bond acceptors (Lipinski definition) is 7. The van der Waals surface area contributed by atoms with Crippen LogP contribution in [0.3, 0.4) is 0 Å². The van der Waals surface area contributed by atoms with E-state index in [0.717, 1.165) is 0 Å². The standard InChI is InChI=1S/C12H13FN6O2/c13-11-17-9(15)8-10(18-11)19(5-16-8)6-1-7(21)12(2-6,3-14)4-20/h5-7,20-21H,1-2,4H2,(H2,15,17,18)/t6-,7-,12-/m1/s1. The molecule has 0 bridgehead atoms. The third-order valence-corrected chi connectivity index (χ3v) is 4.05. The number of nitrogens with two attached hydrogens (primary N) is 1. The Morgan fingerprint density at radius 3 is 2.95 bits per heavy atom. The first-order valence-corrected chi connectivity index (χ1v) is 6.36. The van der Waals surface area contributed by atoms with E-state index in [1.54, 1.807) is 4.57 Å². The molecular weight excluding hydrogens is 279 g/mol. The number of aromatic nitrogens is 4. The third kappa shape index (κ3) is 1.91. The van der Waals surface area contributed by atoms with Gasteiger partial charge in [-0.3, -0.25) is 0 Å². The Labute approximate surface area is 118 Å². The molecule has 3 rings (SSSR count). The van der Waals surface area contributed by atoms with Crippen LogP contribution in [0.1, 0.15) is 18.9 Å². The molecule has 0 radical (unpaired) electrons. The maximum absolute atomic E-state index is 13.3. The van der Waals surface area contributed by atoms with E-state index in [9.17, 15) is 19.9 Å². The van der Waals surface area contributed by atoms with Gasteiger partial charge in [0.1, 0.15) is 10.9 Å². The lowest BCUT2D eigenvalue weighted by atomic mass is 9.87. The summed E-state index contributed by atoms with van der Waals surface area (Å²) >= 11 is 0. The Hall–Kier alpha value is -2.31. The molecule has 1 saturated carbocycles. The highest BCUT2D eigenvalue weighted by atomic mass is 19.1. The number of aliphatic hydroxyl groups is 2. The molecule has 9 heteroatoms. The molecule has 1 aliphatic carbocycles. The quantitative estimate of drug-likeness (QED) is 0.649. The van der Waals surface area contributed by atoms with E-state index < -0.39 is 24.2 Å². The number of aliphatic hydroxyl groups excluding tert-OH is 2. The third-order valence-electron chi connectivity index (χ3n) is 4.05. The number of nitriles is 1. The van der Waals surface area contributed by atoms with Crippen molar-refractivity contribution in [2.45, 2.75) is 25.0 Å². The zero-order valence-electron chi connectivity index (χ0n) is 10.9. The Balaban J connectivity index is 2.05. The Kier molecular flexibility index (Phi) is 3.00. The van der Waals surface area contributed by atoms with E-state index in [-0.39, 0.29) is 35.9 Å². The van der Waals surface area contributed by atoms with Crippen LogP contribution in [0.25, 0.3) is 11.2 Å². The number of halogens is 1. The molecular formula is C12H13FN6O2. The molecule has 110 valence electrons. The van der Waals surface area contributed by atoms with Crippen LogP contribution in [0, 0.1) is 22.8 Å². The van der Waals surface area contributed by atoms with Gasteiger partial charge >= 0.3 is 6.08 Å². The van der Waals surface area contributed by atoms with E-state index in [4.69, 9.17) is 5.73 Å². The van der Waals surface area contributed by atoms with Crippen LogP contribution in [0.5, 0.6) is 0 Å². The van der Waals surface area contributed by atoms with Crippen LogP contribution in [-0.4, -0.2) is 42.4 Å². The van der Waals surface area contributed by atoms with E-state index in [2.05, 4.69) is 15.0 Å². The van der Waals surface area contributed by atoms with Gasteiger partial charge in [-0.15, -0.1) is 0 Å². The molecule has 21 heavy (non-hydrogen) atoms. The van der Waals surface area contributed by atoms with Gasteiger partial charge in [0, 0.05) is 6.04 Å². The summed E-state index contributed by atoms with van der Waals surface area (Å²) < 4.78 is 14.9. The first-order valence-electron chi connectivity index (χ1n) is 6.36. The van der Waals surface area contributed by atoms with Gasteiger partial charge in [-0.1, -0.05) is 0 Å². The van der Waals surface area contributed by atoms with Crippen molar-refractivity contribution in [2.75, 3.05) is 12.3 Å². The topological polar surface area (TPSA) is 134 Å². The fourth-order valence-corrected chi connectivity index (χ4v) is 2.84. The number of anilines is 1. The lowest BCUT2D eigenvalue weighted by molar-refractivity contribution is 0.0460. The summed E-state index contributed by atoms with van der Waals surface area (Å²) in [5, 5.41) is 28.6. The maximum atomic E-state index is 13.3. The van der Waals surface area contributed by atoms with Gasteiger partial charge in [0.05, 0.1) is 25.1 Å². The summed E-state index contributed by atoms with van der Waals surface area (Å²) in [6.45, 7) is -0.445. The van der Waals surface area contributed by atoms with E-state index >= 15 is 0 Å². The summed E-state index contributed by atoms with van der Waals surface area (Å²) in [7, 11) is 0. The van der Waals surface area contributed by atoms with Crippen LogP contribution >= 0.6 is 0 Å². The second-order valence-electron chi connectivity index (χ2n) is 5.24. The van der Waals surface area contributed by atoms with Crippen molar-refractivity contribution in [1.29, 1.82) is 5.26 Å². The molecule has 2 aromatic rings. The summed E-state index contributed by atoms with van der Waals surface area (Å²) in [6, 6.07) is 1.65. The normalized spacial score (nSPS) is 28.9. The lowest BCUT2D eigenvalue weighted by Gasteiger charge is -2.21. The predicted molar refractivity (Wildman–Crippen MR) is 69.1 cm³/mol. The fraction of sp³-hybridized carbons (Fsp3) is 0.500. The number of nitrogen functional groups attached to an aromatic ring is 1. The van der Waals surface area contributed by atoms with Crippen molar-refractivity contribution in [3.63, 3.8) is 0 Å². The van der Waals surface area contributed by atoms with Crippen LogP contribution in [0.15, 0.2) is 6.33 Å². The van der Waals surface area contributed by atoms with Crippen molar-refractivity contribution in [1.82, 2.24) is 19.5 Å². The summed E-state index contributed by atoms with van der Waals surface area (Å²) in [6.07, 6.45) is -0.0475. The smallest absolute Gasteiger partial charge is 0.312 e. The molecule has 2 aromatic heterocycles. The van der Waals surface area contributed by atoms with Gasteiger partial charge in [-0.25, -0.2) is 4.98 Å². The molecule has 0 aromatic carbocycles. The van der Waals surface area contributed by atoms with Crippen LogP contribution < -0.4 is 5.73 Å². The van der Waals surface area contributed by atoms with Crippen molar-refractivity contribution in [3.05, 3.63) is 12.4 Å². The summed E-state index contributed by atoms with van der Waals surface area (Å²) in [5.41, 5.74) is 4.85. The highest BCUT2D eigenvalue weighted by molar-refractivity contribution is 5.81. The molecule has 1 fully saturated rings. The van der Waals surface area contributed by atoms with Crippen molar-refractivity contribution in [3.8, 4) is 6.07 Å². The predicted octanol–water partition coefficient (Wildman–Crippen LogP) is -0.254. The molecule has 2 heterocycles. The number of imidazole rings is 1. The highest BCUT2D eigenvalue weighted by Gasteiger charge is 2.48. The highest BCUT2D eigenvalue weighted by Crippen LogP contribution is 2.44. The lowest BCUT2D eigenvalue weighted by Crippen LogP contribution is -2.31. The first-order chi connectivity index (χ1) is 10.0. The minimum absolute atomic E-state index is 0.0662. The van der Waals surface area contributed by atoms with Crippen LogP contribution in [0.4, 0.5) is 10.2 Å². The molecule has 1 aliphatic rings. The van der Waals surface area contributed by atoms with E-state index in [1.807, 2.05) is 6.07 Å². The Bertz CT molecular complexity index is 741. The van der Waals surface area contributed by atoms with Gasteiger partial charge in [0.2, 0.25) is 0 Å². The molecule has 8 nitrogen and oxygen atoms in total. The van der Waals surface area contributed by atoms with Gasteiger partial charge in [0.25, 0.3) is 0 Å². The average molecular weight is 292 g/mol. The Morgan fingerprint density at radius 1 is 1.57 bits per heavy atom. The fourth-order valence-electron chi connectivity index (χ4n) is 2.84. The zero-order chi connectivity index (χ0) is 15.2. The zero-order valence-corrected chi connectivity index (χ0v) is 10.9. The molecule has 0 amide bonds. The maximum Gasteiger partial charge on any atom is 0.312 e. The van der Waals surface area contributed by atoms with Crippen LogP contribution in [0.2, 0.25) is 0 Å².